The number of Topliss-reactive ketones (excluding diaryl/α,β-unsaturated/α-hetero) is 1. The zero-order chi connectivity index (χ0) is 31.2. The number of rotatable bonds is 5. The van der Waals surface area contributed by atoms with Crippen molar-refractivity contribution in [1.29, 1.82) is 0 Å². The second-order valence-corrected chi connectivity index (χ2v) is 11.9. The van der Waals surface area contributed by atoms with Gasteiger partial charge in [-0.05, 0) is 84.3 Å². The number of nitrogens with zero attached hydrogens (tertiary/aromatic N) is 6. The maximum Gasteiger partial charge on any atom is 0.248 e. The van der Waals surface area contributed by atoms with Crippen LogP contribution in [-0.2, 0) is 22.6 Å². The van der Waals surface area contributed by atoms with Crippen LogP contribution in [-0.4, -0.2) is 60.3 Å². The topological polar surface area (TPSA) is 123 Å². The summed E-state index contributed by atoms with van der Waals surface area (Å²) in [4.78, 5) is 54.5. The summed E-state index contributed by atoms with van der Waals surface area (Å²) in [6.45, 7) is 3.14. The number of likely N-dealkylation sites (N-methyl/N-ethyl adjacent to an activating group) is 1. The van der Waals surface area contributed by atoms with Crippen molar-refractivity contribution in [2.24, 2.45) is 0 Å². The first-order valence-electron chi connectivity index (χ1n) is 14.9. The number of fused-ring (bicyclic) bond motifs is 2. The average Bonchev–Trinajstić information content (AvgIpc) is 3.36. The molecule has 2 amide bonds. The lowest BCUT2D eigenvalue weighted by atomic mass is 10.0. The van der Waals surface area contributed by atoms with Crippen molar-refractivity contribution in [3.63, 3.8) is 0 Å². The molecule has 0 radical (unpaired) electrons. The first-order valence-corrected chi connectivity index (χ1v) is 15.7. The van der Waals surface area contributed by atoms with Gasteiger partial charge < -0.3 is 10.2 Å². The Morgan fingerprint density at radius 3 is 2.59 bits per heavy atom. The highest BCUT2D eigenvalue weighted by atomic mass is 79.9. The van der Waals surface area contributed by atoms with Crippen molar-refractivity contribution in [2.45, 2.75) is 71.4 Å². The van der Waals surface area contributed by atoms with Crippen LogP contribution < -0.4 is 5.32 Å². The molecule has 0 saturated heterocycles. The molecule has 1 N–H and O–H groups in total. The molecule has 0 unspecified atom stereocenters. The number of carbonyl (C=O) groups is 3. The molecule has 44 heavy (non-hydrogen) atoms. The monoisotopic (exact) mass is 657 g/mol. The number of anilines is 1. The van der Waals surface area contributed by atoms with E-state index in [9.17, 15) is 14.4 Å². The molecule has 0 bridgehead atoms. The van der Waals surface area contributed by atoms with E-state index in [0.29, 0.717) is 33.6 Å². The first-order chi connectivity index (χ1) is 21.2. The van der Waals surface area contributed by atoms with Crippen molar-refractivity contribution >= 4 is 50.2 Å². The predicted octanol–water partition coefficient (Wildman–Crippen LogP) is 6.08. The first kappa shape index (κ1) is 31.2. The van der Waals surface area contributed by atoms with Crippen LogP contribution in [0.5, 0.6) is 0 Å². The van der Waals surface area contributed by atoms with Gasteiger partial charge in [-0.15, -0.1) is 0 Å². The lowest BCUT2D eigenvalue weighted by molar-refractivity contribution is -0.137. The molecule has 0 fully saturated rings. The number of aryl methyl sites for hydroxylation is 2. The summed E-state index contributed by atoms with van der Waals surface area (Å²) in [5.74, 6) is 0.348. The molecule has 4 aromatic rings. The number of halogens is 1. The fraction of sp³-hybridized carbons (Fsp3) is 0.364. The van der Waals surface area contributed by atoms with Crippen LogP contribution in [0.3, 0.4) is 0 Å². The van der Waals surface area contributed by atoms with Crippen LogP contribution in [0.2, 0.25) is 0 Å². The predicted molar refractivity (Wildman–Crippen MR) is 173 cm³/mol. The number of hydrogen-bond acceptors (Lipinski definition) is 7. The van der Waals surface area contributed by atoms with E-state index in [4.69, 9.17) is 0 Å². The van der Waals surface area contributed by atoms with Gasteiger partial charge in [0.2, 0.25) is 11.8 Å². The maximum absolute atomic E-state index is 13.7. The minimum atomic E-state index is -0.766. The highest BCUT2D eigenvalue weighted by Crippen LogP contribution is 2.27. The molecule has 11 heteroatoms. The van der Waals surface area contributed by atoms with Crippen LogP contribution in [0, 0.1) is 6.92 Å². The number of aromatic nitrogens is 5. The van der Waals surface area contributed by atoms with Gasteiger partial charge in [0.15, 0.2) is 5.78 Å². The van der Waals surface area contributed by atoms with Gasteiger partial charge in [0, 0.05) is 37.3 Å². The summed E-state index contributed by atoms with van der Waals surface area (Å²) in [6.07, 6.45) is 14.0. The minimum Gasteiger partial charge on any atom is -0.332 e. The fourth-order valence-electron chi connectivity index (χ4n) is 5.38. The van der Waals surface area contributed by atoms with Crippen LogP contribution in [0.25, 0.3) is 22.0 Å². The van der Waals surface area contributed by atoms with Gasteiger partial charge in [-0.2, -0.15) is 5.10 Å². The van der Waals surface area contributed by atoms with E-state index < -0.39 is 6.04 Å². The molecule has 5 rings (SSSR count). The van der Waals surface area contributed by atoms with Crippen LogP contribution in [0.4, 0.5) is 5.82 Å². The Morgan fingerprint density at radius 1 is 1.05 bits per heavy atom. The molecule has 228 valence electrons. The molecule has 10 nitrogen and oxygen atoms in total. The lowest BCUT2D eigenvalue weighted by Gasteiger charge is -2.27. The Morgan fingerprint density at radius 2 is 1.82 bits per heavy atom. The van der Waals surface area contributed by atoms with Gasteiger partial charge in [0.25, 0.3) is 0 Å². The normalized spacial score (nSPS) is 16.9. The third-order valence-corrected chi connectivity index (χ3v) is 8.37. The highest BCUT2D eigenvalue weighted by Gasteiger charge is 2.28. The van der Waals surface area contributed by atoms with E-state index in [1.807, 2.05) is 43.3 Å². The molecule has 1 atom stereocenters. The number of nitrogens with one attached hydrogen (secondary N) is 1. The molecule has 3 aromatic heterocycles. The molecule has 0 spiro atoms. The van der Waals surface area contributed by atoms with Gasteiger partial charge in [-0.25, -0.2) is 15.0 Å². The fourth-order valence-corrected chi connectivity index (χ4v) is 5.69. The van der Waals surface area contributed by atoms with E-state index in [2.05, 4.69) is 47.4 Å². The Hall–Kier alpha value is -4.25. The minimum absolute atomic E-state index is 0.138. The van der Waals surface area contributed by atoms with Gasteiger partial charge in [-0.3, -0.25) is 19.1 Å². The number of allylic oxidation sites excluding steroid dienone is 1. The Labute approximate surface area is 265 Å². The van der Waals surface area contributed by atoms with Gasteiger partial charge in [0.05, 0.1) is 5.52 Å². The van der Waals surface area contributed by atoms with Crippen molar-refractivity contribution < 1.29 is 14.4 Å². The van der Waals surface area contributed by atoms with Crippen LogP contribution >= 0.6 is 15.9 Å². The molecule has 0 aliphatic carbocycles. The second-order valence-electron chi connectivity index (χ2n) is 11.1. The van der Waals surface area contributed by atoms with E-state index in [-0.39, 0.29) is 29.8 Å². The molecule has 0 saturated carbocycles. The summed E-state index contributed by atoms with van der Waals surface area (Å²) >= 11 is 3.42. The number of ketones is 1. The quantitative estimate of drug-likeness (QED) is 0.157. The van der Waals surface area contributed by atoms with Crippen molar-refractivity contribution in [1.82, 2.24) is 29.6 Å². The summed E-state index contributed by atoms with van der Waals surface area (Å²) < 4.78 is 2.16. The zero-order valence-corrected chi connectivity index (χ0v) is 26.8. The Bertz CT molecular complexity index is 1710. The van der Waals surface area contributed by atoms with Crippen LogP contribution in [0.15, 0.2) is 59.5 Å². The number of carbonyl (C=O) groups excluding carboxylic acids is 3. The smallest absolute Gasteiger partial charge is 0.248 e. The summed E-state index contributed by atoms with van der Waals surface area (Å²) in [5.41, 5.74) is 3.54. The van der Waals surface area contributed by atoms with Crippen molar-refractivity contribution in [2.75, 3.05) is 12.4 Å². The van der Waals surface area contributed by atoms with Gasteiger partial charge in [-0.1, -0.05) is 37.1 Å². The largest absolute Gasteiger partial charge is 0.332 e. The maximum atomic E-state index is 13.7. The third kappa shape index (κ3) is 7.27. The van der Waals surface area contributed by atoms with E-state index in [1.54, 1.807) is 19.4 Å². The summed E-state index contributed by atoms with van der Waals surface area (Å²) in [6, 6.07) is 8.70. The standard InChI is InChI=1S/C33H36BrN7O3/c1-21(42)31-26-17-24(25-18-35-22(2)36-19-25)13-15-27(26)41(39-31)20-30(43)40(3)28-12-10-8-6-4-5-7-9-11-23-14-16-29(34)37-32(23)38-33(28)44/h8,10,13-19,28H,4-7,9,11-12,20H2,1-3H3,(H,37,38,44)/b10-8+/t28-/m0/s1. The molecular formula is C33H36BrN7O3. The van der Waals surface area contributed by atoms with E-state index in [0.717, 1.165) is 55.2 Å². The molecular weight excluding hydrogens is 622 g/mol. The summed E-state index contributed by atoms with van der Waals surface area (Å²) in [5, 5.41) is 8.16. The zero-order valence-electron chi connectivity index (χ0n) is 25.2. The SMILES string of the molecule is CC(=O)c1nn(CC(=O)N(C)[C@H]2C/C=C/CCCCCCc3ccc(Br)nc3NC2=O)c2ccc(-c3cnc(C)nc3)cc12. The lowest BCUT2D eigenvalue weighted by Crippen LogP contribution is -2.46. The summed E-state index contributed by atoms with van der Waals surface area (Å²) in [7, 11) is 1.63. The average molecular weight is 659 g/mol. The van der Waals surface area contributed by atoms with Crippen LogP contribution in [0.1, 0.15) is 67.3 Å². The number of amides is 2. The number of hydrogen-bond donors (Lipinski definition) is 1. The second kappa shape index (κ2) is 14.0. The molecule has 1 aromatic carbocycles. The van der Waals surface area contributed by atoms with Crippen molar-refractivity contribution in [3.05, 3.63) is 76.6 Å². The Kier molecular flexibility index (Phi) is 9.94. The highest BCUT2D eigenvalue weighted by molar-refractivity contribution is 9.10. The molecule has 1 aliphatic heterocycles. The van der Waals surface area contributed by atoms with Gasteiger partial charge in [0.1, 0.15) is 34.5 Å². The number of pyridine rings is 1. The van der Waals surface area contributed by atoms with E-state index >= 15 is 0 Å². The third-order valence-electron chi connectivity index (χ3n) is 7.93. The molecule has 4 heterocycles. The number of benzene rings is 1. The molecule has 1 aliphatic rings. The van der Waals surface area contributed by atoms with Crippen molar-refractivity contribution in [3.8, 4) is 11.1 Å². The van der Waals surface area contributed by atoms with Gasteiger partial charge >= 0.3 is 0 Å². The Balaban J connectivity index is 1.42. The van der Waals surface area contributed by atoms with E-state index in [1.165, 1.54) is 16.5 Å².